The third-order valence-electron chi connectivity index (χ3n) is 2.17. The Morgan fingerprint density at radius 2 is 2.38 bits per heavy atom. The Morgan fingerprint density at radius 1 is 1.56 bits per heavy atom. The number of halogens is 1. The van der Waals surface area contributed by atoms with Crippen LogP contribution in [0.25, 0.3) is 6.08 Å². The molecule has 0 aromatic heterocycles. The number of nitrogens with one attached hydrogen (secondary N) is 1. The van der Waals surface area contributed by atoms with Gasteiger partial charge in [-0.05, 0) is 24.3 Å². The predicted molar refractivity (Wildman–Crippen MR) is 60.1 cm³/mol. The molecule has 0 saturated heterocycles. The maximum Gasteiger partial charge on any atom is 0.274 e. The van der Waals surface area contributed by atoms with E-state index in [4.69, 9.17) is 16.3 Å². The number of hydrogen-bond donors (Lipinski definition) is 1. The summed E-state index contributed by atoms with van der Waals surface area (Å²) in [6.45, 7) is 0.226. The van der Waals surface area contributed by atoms with Gasteiger partial charge in [-0.2, -0.15) is 0 Å². The fourth-order valence-corrected chi connectivity index (χ4v) is 1.62. The molecule has 4 nitrogen and oxygen atoms in total. The zero-order chi connectivity index (χ0) is 11.5. The van der Waals surface area contributed by atoms with Gasteiger partial charge in [0.25, 0.3) is 5.91 Å². The minimum atomic E-state index is -0.312. The average Bonchev–Trinajstić information content (AvgIpc) is 2.28. The minimum Gasteiger partial charge on any atom is -0.488 e. The van der Waals surface area contributed by atoms with Crippen LogP contribution in [0.2, 0.25) is 5.02 Å². The van der Waals surface area contributed by atoms with Crippen LogP contribution >= 0.6 is 11.6 Å². The summed E-state index contributed by atoms with van der Waals surface area (Å²) in [4.78, 5) is 16.0. The minimum absolute atomic E-state index is 0.226. The summed E-state index contributed by atoms with van der Waals surface area (Å²) in [5, 5.41) is 0.604. The largest absolute Gasteiger partial charge is 0.488 e. The van der Waals surface area contributed by atoms with Crippen molar-refractivity contribution in [3.63, 3.8) is 0 Å². The van der Waals surface area contributed by atoms with Gasteiger partial charge < -0.3 is 4.74 Å². The summed E-state index contributed by atoms with van der Waals surface area (Å²) >= 11 is 5.86. The van der Waals surface area contributed by atoms with E-state index in [1.54, 1.807) is 24.3 Å². The Labute approximate surface area is 97.8 Å². The van der Waals surface area contributed by atoms with E-state index in [0.717, 1.165) is 11.3 Å². The monoisotopic (exact) mass is 239 g/mol. The van der Waals surface area contributed by atoms with Gasteiger partial charge in [-0.3, -0.25) is 9.63 Å². The Hall–Kier alpha value is -1.52. The van der Waals surface area contributed by atoms with E-state index >= 15 is 0 Å². The number of rotatable bonds is 2. The Balaban J connectivity index is 2.30. The second kappa shape index (κ2) is 4.55. The van der Waals surface area contributed by atoms with Crippen molar-refractivity contribution in [3.05, 3.63) is 34.4 Å². The predicted octanol–water partition coefficient (Wildman–Crippen LogP) is 1.79. The van der Waals surface area contributed by atoms with Gasteiger partial charge in [0.2, 0.25) is 0 Å². The number of hydroxylamine groups is 1. The van der Waals surface area contributed by atoms with E-state index in [0.29, 0.717) is 10.6 Å². The molecule has 1 aromatic rings. The van der Waals surface area contributed by atoms with E-state index in [2.05, 4.69) is 10.3 Å². The standard InChI is InChI=1S/C11H10ClNO3/c1-15-13-11(14)8-4-7-5-9(12)2-3-10(7)16-6-8/h2-5H,6H2,1H3,(H,13,14). The first-order chi connectivity index (χ1) is 7.70. The van der Waals surface area contributed by atoms with E-state index in [1.807, 2.05) is 0 Å². The zero-order valence-corrected chi connectivity index (χ0v) is 9.38. The van der Waals surface area contributed by atoms with Gasteiger partial charge in [0.05, 0.1) is 12.7 Å². The molecule has 1 aliphatic rings. The first kappa shape index (κ1) is 11.0. The molecule has 1 amide bonds. The highest BCUT2D eigenvalue weighted by Crippen LogP contribution is 2.28. The molecule has 0 radical (unpaired) electrons. The molecular weight excluding hydrogens is 230 g/mol. The lowest BCUT2D eigenvalue weighted by molar-refractivity contribution is -0.127. The molecule has 5 heteroatoms. The molecule has 2 rings (SSSR count). The van der Waals surface area contributed by atoms with Crippen LogP contribution in [0.1, 0.15) is 5.56 Å². The molecule has 1 aromatic carbocycles. The highest BCUT2D eigenvalue weighted by molar-refractivity contribution is 6.30. The topological polar surface area (TPSA) is 47.6 Å². The van der Waals surface area contributed by atoms with E-state index in [1.165, 1.54) is 7.11 Å². The molecule has 0 spiro atoms. The number of amides is 1. The molecule has 0 bridgehead atoms. The summed E-state index contributed by atoms with van der Waals surface area (Å²) < 4.78 is 5.42. The lowest BCUT2D eigenvalue weighted by Crippen LogP contribution is -2.27. The van der Waals surface area contributed by atoms with Crippen LogP contribution in [0, 0.1) is 0 Å². The second-order valence-corrected chi connectivity index (χ2v) is 3.71. The molecule has 1 aliphatic heterocycles. The van der Waals surface area contributed by atoms with Crippen LogP contribution in [0.5, 0.6) is 5.75 Å². The number of carbonyl (C=O) groups is 1. The number of benzene rings is 1. The smallest absolute Gasteiger partial charge is 0.274 e. The van der Waals surface area contributed by atoms with Crippen molar-refractivity contribution < 1.29 is 14.4 Å². The Kier molecular flexibility index (Phi) is 3.12. The quantitative estimate of drug-likeness (QED) is 0.801. The number of fused-ring (bicyclic) bond motifs is 1. The van der Waals surface area contributed by atoms with Crippen LogP contribution in [0.3, 0.4) is 0 Å². The Morgan fingerprint density at radius 3 is 3.12 bits per heavy atom. The third-order valence-corrected chi connectivity index (χ3v) is 2.41. The molecule has 0 unspecified atom stereocenters. The Bertz CT molecular complexity index is 457. The summed E-state index contributed by atoms with van der Waals surface area (Å²) in [5.41, 5.74) is 3.53. The van der Waals surface area contributed by atoms with Crippen molar-refractivity contribution in [2.45, 2.75) is 0 Å². The number of hydrogen-bond acceptors (Lipinski definition) is 3. The van der Waals surface area contributed by atoms with Gasteiger partial charge in [-0.25, -0.2) is 5.48 Å². The SMILES string of the molecule is CONC(=O)C1=Cc2cc(Cl)ccc2OC1. The van der Waals surface area contributed by atoms with E-state index in [-0.39, 0.29) is 12.5 Å². The first-order valence-corrected chi connectivity index (χ1v) is 5.05. The molecule has 16 heavy (non-hydrogen) atoms. The fraction of sp³-hybridized carbons (Fsp3) is 0.182. The second-order valence-electron chi connectivity index (χ2n) is 3.28. The zero-order valence-electron chi connectivity index (χ0n) is 8.62. The van der Waals surface area contributed by atoms with Crippen LogP contribution in [-0.4, -0.2) is 19.6 Å². The highest BCUT2D eigenvalue weighted by atomic mass is 35.5. The van der Waals surface area contributed by atoms with Gasteiger partial charge in [0.15, 0.2) is 0 Å². The van der Waals surface area contributed by atoms with Crippen molar-refractivity contribution in [3.8, 4) is 5.75 Å². The van der Waals surface area contributed by atoms with Crippen molar-refractivity contribution >= 4 is 23.6 Å². The van der Waals surface area contributed by atoms with Gasteiger partial charge in [0, 0.05) is 10.6 Å². The van der Waals surface area contributed by atoms with Gasteiger partial charge in [-0.1, -0.05) is 11.6 Å². The van der Waals surface area contributed by atoms with Crippen LogP contribution < -0.4 is 10.2 Å². The maximum absolute atomic E-state index is 11.5. The van der Waals surface area contributed by atoms with Crippen molar-refractivity contribution in [1.29, 1.82) is 0 Å². The van der Waals surface area contributed by atoms with Gasteiger partial charge >= 0.3 is 0 Å². The summed E-state index contributed by atoms with van der Waals surface area (Å²) in [6, 6.07) is 5.27. The normalized spacial score (nSPS) is 13.5. The maximum atomic E-state index is 11.5. The average molecular weight is 240 g/mol. The van der Waals surface area contributed by atoms with Gasteiger partial charge in [-0.15, -0.1) is 0 Å². The van der Waals surface area contributed by atoms with Crippen molar-refractivity contribution in [1.82, 2.24) is 5.48 Å². The molecule has 84 valence electrons. The number of carbonyl (C=O) groups excluding carboxylic acids is 1. The first-order valence-electron chi connectivity index (χ1n) is 4.67. The van der Waals surface area contributed by atoms with Crippen molar-refractivity contribution in [2.24, 2.45) is 0 Å². The van der Waals surface area contributed by atoms with Crippen LogP contribution in [0.15, 0.2) is 23.8 Å². The molecule has 0 fully saturated rings. The van der Waals surface area contributed by atoms with E-state index in [9.17, 15) is 4.79 Å². The molecule has 1 heterocycles. The lowest BCUT2D eigenvalue weighted by Gasteiger charge is -2.17. The van der Waals surface area contributed by atoms with Crippen LogP contribution in [0.4, 0.5) is 0 Å². The van der Waals surface area contributed by atoms with Crippen LogP contribution in [-0.2, 0) is 9.63 Å². The molecular formula is C11H10ClNO3. The lowest BCUT2D eigenvalue weighted by atomic mass is 10.1. The summed E-state index contributed by atoms with van der Waals surface area (Å²) in [6.07, 6.45) is 1.74. The third kappa shape index (κ3) is 2.18. The summed E-state index contributed by atoms with van der Waals surface area (Å²) in [7, 11) is 1.38. The molecule has 0 saturated carbocycles. The number of ether oxygens (including phenoxy) is 1. The van der Waals surface area contributed by atoms with Crippen molar-refractivity contribution in [2.75, 3.05) is 13.7 Å². The molecule has 0 atom stereocenters. The van der Waals surface area contributed by atoms with E-state index < -0.39 is 0 Å². The fourth-order valence-electron chi connectivity index (χ4n) is 1.44. The molecule has 1 N–H and O–H groups in total. The van der Waals surface area contributed by atoms with Gasteiger partial charge in [0.1, 0.15) is 12.4 Å². The highest BCUT2D eigenvalue weighted by Gasteiger charge is 2.17. The molecule has 0 aliphatic carbocycles. The summed E-state index contributed by atoms with van der Waals surface area (Å²) in [5.74, 6) is 0.409.